The van der Waals surface area contributed by atoms with Crippen LogP contribution in [-0.4, -0.2) is 46.5 Å². The Morgan fingerprint density at radius 1 is 0.944 bits per heavy atom. The molecule has 1 aliphatic heterocycles. The Balaban J connectivity index is 1.77. The normalized spacial score (nSPS) is 17.7. The molecule has 1 N–H and O–H groups in total. The van der Waals surface area contributed by atoms with Crippen LogP contribution in [0.4, 0.5) is 4.79 Å². The summed E-state index contributed by atoms with van der Waals surface area (Å²) < 4.78 is 4.79. The van der Waals surface area contributed by atoms with Gasteiger partial charge in [0.15, 0.2) is 0 Å². The number of rotatable bonds is 9. The standard InChI is InChI=1S/C30H29NO4S/c1-2-20-35-29(34)31-22-27(21-26(31)18-19-28(32)33)36-30(23-12-6-3-7-13-23,24-14-8-4-9-15-24)25-16-10-5-11-17-25/h2-19,26-27H,1,20-22H2,(H,32,33)/b19-18-/t26-,27+/m1/s1. The van der Waals surface area contributed by atoms with Crippen molar-refractivity contribution < 1.29 is 19.4 Å². The molecule has 1 saturated heterocycles. The molecule has 0 unspecified atom stereocenters. The number of carboxylic acid groups (broad SMARTS) is 1. The lowest BCUT2D eigenvalue weighted by Crippen LogP contribution is -2.36. The van der Waals surface area contributed by atoms with Gasteiger partial charge in [-0.15, -0.1) is 11.8 Å². The van der Waals surface area contributed by atoms with Gasteiger partial charge in [-0.3, -0.25) is 0 Å². The first-order chi connectivity index (χ1) is 17.5. The van der Waals surface area contributed by atoms with E-state index in [0.29, 0.717) is 13.0 Å². The van der Waals surface area contributed by atoms with Gasteiger partial charge in [0.25, 0.3) is 0 Å². The molecule has 1 fully saturated rings. The van der Waals surface area contributed by atoms with Gasteiger partial charge in [-0.05, 0) is 23.1 Å². The van der Waals surface area contributed by atoms with Crippen molar-refractivity contribution in [1.82, 2.24) is 4.90 Å². The molecule has 2 atom stereocenters. The fourth-order valence-corrected chi connectivity index (χ4v) is 6.53. The molecule has 3 aromatic carbocycles. The predicted molar refractivity (Wildman–Crippen MR) is 144 cm³/mol. The number of ether oxygens (including phenoxy) is 1. The third-order valence-corrected chi connectivity index (χ3v) is 7.95. The molecule has 3 aromatic rings. The van der Waals surface area contributed by atoms with E-state index in [4.69, 9.17) is 4.74 Å². The van der Waals surface area contributed by atoms with E-state index in [9.17, 15) is 14.7 Å². The lowest BCUT2D eigenvalue weighted by Gasteiger charge is -2.37. The van der Waals surface area contributed by atoms with E-state index in [1.165, 1.54) is 6.08 Å². The highest BCUT2D eigenvalue weighted by atomic mass is 32.2. The smallest absolute Gasteiger partial charge is 0.410 e. The number of benzene rings is 3. The molecule has 1 amide bonds. The van der Waals surface area contributed by atoms with Crippen LogP contribution in [0.1, 0.15) is 23.1 Å². The van der Waals surface area contributed by atoms with Gasteiger partial charge in [-0.25, -0.2) is 9.59 Å². The minimum atomic E-state index is -1.04. The average Bonchev–Trinajstić information content (AvgIpc) is 3.33. The van der Waals surface area contributed by atoms with Crippen molar-refractivity contribution in [3.05, 3.63) is 132 Å². The zero-order chi connectivity index (χ0) is 25.4. The van der Waals surface area contributed by atoms with Gasteiger partial charge in [0.2, 0.25) is 0 Å². The highest BCUT2D eigenvalue weighted by molar-refractivity contribution is 8.01. The predicted octanol–water partition coefficient (Wildman–Crippen LogP) is 6.12. The molecule has 0 bridgehead atoms. The number of aliphatic carboxylic acids is 1. The number of carboxylic acids is 1. The van der Waals surface area contributed by atoms with Gasteiger partial charge in [-0.1, -0.05) is 110 Å². The molecular weight excluding hydrogens is 470 g/mol. The molecule has 4 rings (SSSR count). The van der Waals surface area contributed by atoms with Crippen molar-refractivity contribution in [2.75, 3.05) is 13.2 Å². The summed E-state index contributed by atoms with van der Waals surface area (Å²) >= 11 is 1.79. The largest absolute Gasteiger partial charge is 0.478 e. The van der Waals surface area contributed by atoms with Crippen LogP contribution in [-0.2, 0) is 14.3 Å². The van der Waals surface area contributed by atoms with Crippen molar-refractivity contribution in [2.45, 2.75) is 22.5 Å². The summed E-state index contributed by atoms with van der Waals surface area (Å²) in [7, 11) is 0. The van der Waals surface area contributed by atoms with Gasteiger partial charge in [-0.2, -0.15) is 0 Å². The lowest BCUT2D eigenvalue weighted by atomic mass is 9.84. The number of nitrogens with zero attached hydrogens (tertiary/aromatic N) is 1. The zero-order valence-electron chi connectivity index (χ0n) is 19.9. The van der Waals surface area contributed by atoms with Crippen molar-refractivity contribution in [1.29, 1.82) is 0 Å². The number of thioether (sulfide) groups is 1. The summed E-state index contributed by atoms with van der Waals surface area (Å²) in [5, 5.41) is 9.22. The molecule has 0 radical (unpaired) electrons. The molecule has 5 nitrogen and oxygen atoms in total. The van der Waals surface area contributed by atoms with E-state index in [2.05, 4.69) is 43.0 Å². The van der Waals surface area contributed by atoms with E-state index in [1.807, 2.05) is 54.6 Å². The Hall–Kier alpha value is -3.77. The number of carbonyl (C=O) groups is 2. The molecule has 1 heterocycles. The third-order valence-electron chi connectivity index (χ3n) is 6.21. The highest BCUT2D eigenvalue weighted by Crippen LogP contribution is 2.52. The zero-order valence-corrected chi connectivity index (χ0v) is 20.7. The number of carbonyl (C=O) groups excluding carboxylic acids is 1. The molecule has 0 aliphatic carbocycles. The monoisotopic (exact) mass is 499 g/mol. The molecule has 0 spiro atoms. The van der Waals surface area contributed by atoms with Crippen LogP contribution in [0, 0.1) is 0 Å². The van der Waals surface area contributed by atoms with Crippen LogP contribution < -0.4 is 0 Å². The molecule has 6 heteroatoms. The second-order valence-corrected chi connectivity index (χ2v) is 10.1. The number of hydrogen-bond acceptors (Lipinski definition) is 4. The Morgan fingerprint density at radius 3 is 1.89 bits per heavy atom. The van der Waals surface area contributed by atoms with E-state index in [1.54, 1.807) is 22.7 Å². The number of amides is 1. The minimum Gasteiger partial charge on any atom is -0.478 e. The Kier molecular flexibility index (Phi) is 8.28. The van der Waals surface area contributed by atoms with Crippen molar-refractivity contribution in [3.63, 3.8) is 0 Å². The van der Waals surface area contributed by atoms with E-state index >= 15 is 0 Å². The highest BCUT2D eigenvalue weighted by Gasteiger charge is 2.44. The summed E-state index contributed by atoms with van der Waals surface area (Å²) in [4.78, 5) is 25.7. The summed E-state index contributed by atoms with van der Waals surface area (Å²) in [5.74, 6) is -1.04. The van der Waals surface area contributed by atoms with Crippen LogP contribution >= 0.6 is 11.8 Å². The maximum atomic E-state index is 12.8. The molecular formula is C30H29NO4S. The second kappa shape index (κ2) is 11.8. The minimum absolute atomic E-state index is 0.0188. The second-order valence-electron chi connectivity index (χ2n) is 8.54. The fourth-order valence-electron chi connectivity index (χ4n) is 4.68. The van der Waals surface area contributed by atoms with Gasteiger partial charge < -0.3 is 14.7 Å². The van der Waals surface area contributed by atoms with Crippen molar-refractivity contribution >= 4 is 23.8 Å². The topological polar surface area (TPSA) is 66.8 Å². The first-order valence-corrected chi connectivity index (χ1v) is 12.7. The Labute approximate surface area is 216 Å². The van der Waals surface area contributed by atoms with Crippen LogP contribution in [0.15, 0.2) is 116 Å². The summed E-state index contributed by atoms with van der Waals surface area (Å²) in [6.07, 6.45) is 4.33. The van der Waals surface area contributed by atoms with E-state index in [-0.39, 0.29) is 17.9 Å². The fraction of sp³-hybridized carbons (Fsp3) is 0.200. The SMILES string of the molecule is C=CCOC(=O)N1C[C@@H](SC(c2ccccc2)(c2ccccc2)c2ccccc2)C[C@H]1/C=C\C(=O)O. The Bertz CT molecular complexity index is 1100. The average molecular weight is 500 g/mol. The van der Waals surface area contributed by atoms with E-state index in [0.717, 1.165) is 22.8 Å². The first kappa shape index (κ1) is 25.3. The van der Waals surface area contributed by atoms with Crippen LogP contribution in [0.25, 0.3) is 0 Å². The molecule has 0 aromatic heterocycles. The van der Waals surface area contributed by atoms with Crippen LogP contribution in [0.5, 0.6) is 0 Å². The number of hydrogen-bond donors (Lipinski definition) is 1. The Morgan fingerprint density at radius 2 is 1.44 bits per heavy atom. The summed E-state index contributed by atoms with van der Waals surface area (Å²) in [5.41, 5.74) is 3.41. The third kappa shape index (κ3) is 5.55. The summed E-state index contributed by atoms with van der Waals surface area (Å²) in [6, 6.07) is 30.7. The molecule has 0 saturated carbocycles. The molecule has 36 heavy (non-hydrogen) atoms. The van der Waals surface area contributed by atoms with Gasteiger partial charge in [0, 0.05) is 17.9 Å². The van der Waals surface area contributed by atoms with Crippen LogP contribution in [0.3, 0.4) is 0 Å². The quantitative estimate of drug-likeness (QED) is 0.218. The maximum absolute atomic E-state index is 12.8. The summed E-state index contributed by atoms with van der Waals surface area (Å²) in [6.45, 7) is 4.15. The van der Waals surface area contributed by atoms with Gasteiger partial charge >= 0.3 is 12.1 Å². The first-order valence-electron chi connectivity index (χ1n) is 11.8. The molecule has 1 aliphatic rings. The van der Waals surface area contributed by atoms with Crippen LogP contribution in [0.2, 0.25) is 0 Å². The van der Waals surface area contributed by atoms with E-state index < -0.39 is 16.8 Å². The van der Waals surface area contributed by atoms with Gasteiger partial charge in [0.05, 0.1) is 10.8 Å². The van der Waals surface area contributed by atoms with Gasteiger partial charge in [0.1, 0.15) is 6.61 Å². The lowest BCUT2D eigenvalue weighted by molar-refractivity contribution is -0.131. The maximum Gasteiger partial charge on any atom is 0.410 e. The number of likely N-dealkylation sites (tertiary alicyclic amines) is 1. The molecule has 184 valence electrons. The van der Waals surface area contributed by atoms with Crippen molar-refractivity contribution in [2.24, 2.45) is 0 Å². The van der Waals surface area contributed by atoms with Crippen molar-refractivity contribution in [3.8, 4) is 0 Å².